The van der Waals surface area contributed by atoms with E-state index in [4.69, 9.17) is 21.7 Å². The monoisotopic (exact) mass is 433 g/mol. The minimum atomic E-state index is -1.52. The summed E-state index contributed by atoms with van der Waals surface area (Å²) in [7, 11) is 0. The summed E-state index contributed by atoms with van der Waals surface area (Å²) >= 11 is 0. The van der Waals surface area contributed by atoms with Gasteiger partial charge in [0.05, 0.1) is 18.7 Å². The van der Waals surface area contributed by atoms with Crippen molar-refractivity contribution in [1.29, 1.82) is 0 Å². The maximum atomic E-state index is 12.3. The van der Waals surface area contributed by atoms with Gasteiger partial charge in [0.15, 0.2) is 0 Å². The van der Waals surface area contributed by atoms with Gasteiger partial charge in [-0.1, -0.05) is 6.42 Å². The zero-order valence-electron chi connectivity index (χ0n) is 16.8. The molecular formula is C17H31N5O8. The number of rotatable bonds is 15. The van der Waals surface area contributed by atoms with Crippen LogP contribution in [0.4, 0.5) is 0 Å². The summed E-state index contributed by atoms with van der Waals surface area (Å²) < 4.78 is 0. The molecule has 0 radical (unpaired) electrons. The molecular weight excluding hydrogens is 402 g/mol. The Morgan fingerprint density at radius 2 is 1.60 bits per heavy atom. The molecule has 0 bridgehead atoms. The first kappa shape index (κ1) is 27.2. The Hall–Kier alpha value is -2.77. The third-order valence-corrected chi connectivity index (χ3v) is 4.07. The average molecular weight is 433 g/mol. The Bertz CT molecular complexity index is 613. The van der Waals surface area contributed by atoms with Crippen LogP contribution in [-0.2, 0) is 24.0 Å². The van der Waals surface area contributed by atoms with Gasteiger partial charge in [0, 0.05) is 6.42 Å². The SMILES string of the molecule is CC(O)C(NC(=O)CNC(=O)C(N)CCCCN)C(=O)NC(CCC(=O)O)C(=O)O. The van der Waals surface area contributed by atoms with E-state index in [9.17, 15) is 29.1 Å². The van der Waals surface area contributed by atoms with E-state index in [-0.39, 0.29) is 6.42 Å². The molecule has 0 aromatic carbocycles. The number of nitrogens with one attached hydrogen (secondary N) is 3. The molecule has 13 heteroatoms. The van der Waals surface area contributed by atoms with Crippen molar-refractivity contribution in [3.8, 4) is 0 Å². The van der Waals surface area contributed by atoms with E-state index >= 15 is 0 Å². The van der Waals surface area contributed by atoms with Gasteiger partial charge >= 0.3 is 11.9 Å². The van der Waals surface area contributed by atoms with Crippen molar-refractivity contribution < 1.29 is 39.3 Å². The number of aliphatic hydroxyl groups is 1. The van der Waals surface area contributed by atoms with E-state index in [0.717, 1.165) is 0 Å². The van der Waals surface area contributed by atoms with Crippen LogP contribution in [0.2, 0.25) is 0 Å². The summed E-state index contributed by atoms with van der Waals surface area (Å²) in [5, 5.41) is 34.1. The second-order valence-corrected chi connectivity index (χ2v) is 6.73. The van der Waals surface area contributed by atoms with Gasteiger partial charge in [0.2, 0.25) is 17.7 Å². The van der Waals surface area contributed by atoms with Gasteiger partial charge in [0.25, 0.3) is 0 Å². The number of aliphatic carboxylic acids is 2. The van der Waals surface area contributed by atoms with Crippen LogP contribution in [0.1, 0.15) is 39.0 Å². The first-order chi connectivity index (χ1) is 14.0. The van der Waals surface area contributed by atoms with Gasteiger partial charge < -0.3 is 42.7 Å². The molecule has 13 nitrogen and oxygen atoms in total. The first-order valence-corrected chi connectivity index (χ1v) is 9.45. The number of carbonyl (C=O) groups excluding carboxylic acids is 3. The van der Waals surface area contributed by atoms with Crippen LogP contribution in [0.15, 0.2) is 0 Å². The quantitative estimate of drug-likeness (QED) is 0.121. The molecule has 10 N–H and O–H groups in total. The van der Waals surface area contributed by atoms with Gasteiger partial charge in [-0.15, -0.1) is 0 Å². The first-order valence-electron chi connectivity index (χ1n) is 9.45. The number of hydrogen-bond acceptors (Lipinski definition) is 8. The number of nitrogens with two attached hydrogens (primary N) is 2. The van der Waals surface area contributed by atoms with Gasteiger partial charge in [-0.2, -0.15) is 0 Å². The summed E-state index contributed by atoms with van der Waals surface area (Å²) in [6.45, 7) is 1.16. The van der Waals surface area contributed by atoms with Crippen LogP contribution < -0.4 is 27.4 Å². The Morgan fingerprint density at radius 3 is 2.10 bits per heavy atom. The fourth-order valence-electron chi connectivity index (χ4n) is 2.35. The van der Waals surface area contributed by atoms with Crippen LogP contribution in [0.3, 0.4) is 0 Å². The zero-order chi connectivity index (χ0) is 23.3. The lowest BCUT2D eigenvalue weighted by molar-refractivity contribution is -0.144. The molecule has 0 aliphatic carbocycles. The van der Waals surface area contributed by atoms with Crippen molar-refractivity contribution in [2.24, 2.45) is 11.5 Å². The van der Waals surface area contributed by atoms with Crippen molar-refractivity contribution >= 4 is 29.7 Å². The summed E-state index contributed by atoms with van der Waals surface area (Å²) in [4.78, 5) is 57.9. The molecule has 0 rings (SSSR count). The van der Waals surface area contributed by atoms with Crippen molar-refractivity contribution in [1.82, 2.24) is 16.0 Å². The highest BCUT2D eigenvalue weighted by molar-refractivity contribution is 5.92. The van der Waals surface area contributed by atoms with Crippen LogP contribution >= 0.6 is 0 Å². The lowest BCUT2D eigenvalue weighted by Crippen LogP contribution is -2.57. The molecule has 0 spiro atoms. The van der Waals surface area contributed by atoms with E-state index in [0.29, 0.717) is 25.8 Å². The minimum absolute atomic E-state index is 0.380. The van der Waals surface area contributed by atoms with Crippen LogP contribution in [-0.4, -0.2) is 82.3 Å². The Balaban J connectivity index is 4.73. The molecule has 4 atom stereocenters. The van der Waals surface area contributed by atoms with E-state index in [1.807, 2.05) is 0 Å². The number of amides is 3. The van der Waals surface area contributed by atoms with Crippen molar-refractivity contribution in [3.63, 3.8) is 0 Å². The number of aliphatic hydroxyl groups excluding tert-OH is 1. The molecule has 172 valence electrons. The number of carboxylic acids is 2. The van der Waals surface area contributed by atoms with Gasteiger partial charge in [-0.05, 0) is 32.7 Å². The average Bonchev–Trinajstić information content (AvgIpc) is 2.66. The van der Waals surface area contributed by atoms with Gasteiger partial charge in [-0.25, -0.2) is 4.79 Å². The molecule has 3 amide bonds. The van der Waals surface area contributed by atoms with Crippen LogP contribution in [0.5, 0.6) is 0 Å². The number of carbonyl (C=O) groups is 5. The predicted molar refractivity (Wildman–Crippen MR) is 104 cm³/mol. The fourth-order valence-corrected chi connectivity index (χ4v) is 2.35. The molecule has 0 saturated heterocycles. The summed E-state index contributed by atoms with van der Waals surface area (Å²) in [5.74, 6) is -5.10. The fraction of sp³-hybridized carbons (Fsp3) is 0.706. The maximum absolute atomic E-state index is 12.3. The van der Waals surface area contributed by atoms with Crippen molar-refractivity contribution in [2.75, 3.05) is 13.1 Å². The molecule has 0 heterocycles. The normalized spacial score (nSPS) is 14.7. The minimum Gasteiger partial charge on any atom is -0.481 e. The second kappa shape index (κ2) is 14.3. The maximum Gasteiger partial charge on any atom is 0.326 e. The summed E-state index contributed by atoms with van der Waals surface area (Å²) in [6, 6.07) is -3.86. The number of hydrogen-bond donors (Lipinski definition) is 8. The Kier molecular flexibility index (Phi) is 12.9. The molecule has 0 aliphatic rings. The van der Waals surface area contributed by atoms with Crippen molar-refractivity contribution in [3.05, 3.63) is 0 Å². The zero-order valence-corrected chi connectivity index (χ0v) is 16.8. The molecule has 0 fully saturated rings. The standard InChI is InChI=1S/C17H31N5O8/c1-9(23)14(16(28)21-11(17(29)30)5-6-13(25)26)22-12(24)8-20-15(27)10(19)4-2-3-7-18/h9-11,14,23H,2-8,18-19H2,1H3,(H,20,27)(H,21,28)(H,22,24)(H,25,26)(H,29,30). The highest BCUT2D eigenvalue weighted by atomic mass is 16.4. The summed E-state index contributed by atoms with van der Waals surface area (Å²) in [6.07, 6.45) is -0.534. The Morgan fingerprint density at radius 1 is 0.967 bits per heavy atom. The van der Waals surface area contributed by atoms with E-state index in [1.165, 1.54) is 6.92 Å². The number of unbranched alkanes of at least 4 members (excludes halogenated alkanes) is 1. The van der Waals surface area contributed by atoms with Gasteiger partial charge in [-0.3, -0.25) is 19.2 Å². The second-order valence-electron chi connectivity index (χ2n) is 6.73. The van der Waals surface area contributed by atoms with Crippen LogP contribution in [0, 0.1) is 0 Å². The van der Waals surface area contributed by atoms with Crippen LogP contribution in [0.25, 0.3) is 0 Å². The highest BCUT2D eigenvalue weighted by Crippen LogP contribution is 2.01. The predicted octanol–water partition coefficient (Wildman–Crippen LogP) is -3.14. The van der Waals surface area contributed by atoms with E-state index in [2.05, 4.69) is 16.0 Å². The molecule has 0 aromatic heterocycles. The van der Waals surface area contributed by atoms with Crippen molar-refractivity contribution in [2.45, 2.75) is 63.3 Å². The topological polar surface area (TPSA) is 234 Å². The van der Waals surface area contributed by atoms with E-state index < -0.39 is 66.9 Å². The molecule has 0 aromatic rings. The smallest absolute Gasteiger partial charge is 0.326 e. The number of carboxylic acid groups (broad SMARTS) is 2. The molecule has 0 saturated carbocycles. The lowest BCUT2D eigenvalue weighted by atomic mass is 10.1. The van der Waals surface area contributed by atoms with Gasteiger partial charge in [0.1, 0.15) is 12.1 Å². The molecule has 30 heavy (non-hydrogen) atoms. The highest BCUT2D eigenvalue weighted by Gasteiger charge is 2.30. The van der Waals surface area contributed by atoms with E-state index in [1.54, 1.807) is 0 Å². The molecule has 0 aliphatic heterocycles. The third-order valence-electron chi connectivity index (χ3n) is 4.07. The largest absolute Gasteiger partial charge is 0.481 e. The lowest BCUT2D eigenvalue weighted by Gasteiger charge is -2.23. The molecule has 4 unspecified atom stereocenters. The summed E-state index contributed by atoms with van der Waals surface area (Å²) in [5.41, 5.74) is 11.0. The third kappa shape index (κ3) is 11.3. The Labute approximate surface area is 173 Å².